The van der Waals surface area contributed by atoms with Gasteiger partial charge in [0, 0.05) is 43.2 Å². The third kappa shape index (κ3) is 3.14. The molecule has 1 atom stereocenters. The number of carbonyl (C=O) groups excluding carboxylic acids is 1. The maximum absolute atomic E-state index is 12.6. The lowest BCUT2D eigenvalue weighted by Crippen LogP contribution is -2.60. The molecule has 0 aromatic carbocycles. The summed E-state index contributed by atoms with van der Waals surface area (Å²) in [6, 6.07) is 5.78. The fourth-order valence-electron chi connectivity index (χ4n) is 3.73. The van der Waals surface area contributed by atoms with Crippen molar-refractivity contribution in [2.24, 2.45) is 0 Å². The van der Waals surface area contributed by atoms with Crippen LogP contribution in [0.3, 0.4) is 0 Å². The van der Waals surface area contributed by atoms with Crippen molar-refractivity contribution in [3.05, 3.63) is 47.6 Å². The predicted octanol–water partition coefficient (Wildman–Crippen LogP) is 2.86. The van der Waals surface area contributed by atoms with Crippen molar-refractivity contribution in [2.45, 2.75) is 42.6 Å². The van der Waals surface area contributed by atoms with Crippen molar-refractivity contribution >= 4 is 17.7 Å². The fourth-order valence-corrected chi connectivity index (χ4v) is 5.28. The fraction of sp³-hybridized carbons (Fsp3) is 0.526. The summed E-state index contributed by atoms with van der Waals surface area (Å²) in [6.45, 7) is 2.14. The number of hydrogen-bond acceptors (Lipinski definition) is 6. The van der Waals surface area contributed by atoms with Crippen LogP contribution in [-0.2, 0) is 11.3 Å². The summed E-state index contributed by atoms with van der Waals surface area (Å²) in [6.07, 6.45) is 7.14. The zero-order valence-electron chi connectivity index (χ0n) is 14.5. The summed E-state index contributed by atoms with van der Waals surface area (Å²) in [5.41, 5.74) is 1.55. The second-order valence-corrected chi connectivity index (χ2v) is 9.03. The smallest absolute Gasteiger partial charge is 0.276 e. The van der Waals surface area contributed by atoms with Gasteiger partial charge < -0.3 is 14.2 Å². The second kappa shape index (κ2) is 6.39. The first kappa shape index (κ1) is 16.3. The number of amides is 1. The summed E-state index contributed by atoms with van der Waals surface area (Å²) in [5.74, 6) is 2.32. The maximum atomic E-state index is 12.6. The lowest BCUT2D eigenvalue weighted by molar-refractivity contribution is 0.0251. The molecule has 2 aliphatic heterocycles. The molecule has 1 amide bonds. The van der Waals surface area contributed by atoms with Crippen molar-refractivity contribution in [2.75, 3.05) is 18.8 Å². The van der Waals surface area contributed by atoms with Crippen LogP contribution in [0.5, 0.6) is 0 Å². The molecule has 1 aliphatic carbocycles. The van der Waals surface area contributed by atoms with Gasteiger partial charge in [0.1, 0.15) is 5.76 Å². The van der Waals surface area contributed by atoms with E-state index in [9.17, 15) is 4.79 Å². The average Bonchev–Trinajstić information content (AvgIpc) is 3.20. The number of pyridine rings is 1. The normalized spacial score (nSPS) is 24.0. The third-order valence-electron chi connectivity index (χ3n) is 5.36. The molecular formula is C19H21N3O3S. The molecule has 6 nitrogen and oxygen atoms in total. The number of carbonyl (C=O) groups is 1. The molecule has 3 aliphatic rings. The third-order valence-corrected chi connectivity index (χ3v) is 6.93. The van der Waals surface area contributed by atoms with E-state index in [-0.39, 0.29) is 16.8 Å². The summed E-state index contributed by atoms with van der Waals surface area (Å²) < 4.78 is 11.5. The molecule has 2 saturated heterocycles. The van der Waals surface area contributed by atoms with Gasteiger partial charge >= 0.3 is 0 Å². The Hall–Kier alpha value is -1.86. The van der Waals surface area contributed by atoms with Gasteiger partial charge in [0.05, 0.1) is 17.5 Å². The van der Waals surface area contributed by atoms with Gasteiger partial charge in [0.15, 0.2) is 5.69 Å². The Morgan fingerprint density at radius 1 is 1.42 bits per heavy atom. The number of rotatable bonds is 5. The molecule has 1 saturated carbocycles. The van der Waals surface area contributed by atoms with Gasteiger partial charge in [0.2, 0.25) is 0 Å². The highest BCUT2D eigenvalue weighted by Crippen LogP contribution is 2.46. The number of nitrogens with zero attached hydrogens (tertiary/aromatic N) is 3. The Bertz CT molecular complexity index is 799. The molecule has 0 radical (unpaired) electrons. The molecule has 3 fully saturated rings. The average molecular weight is 371 g/mol. The first-order valence-electron chi connectivity index (χ1n) is 9.11. The van der Waals surface area contributed by atoms with Crippen LogP contribution in [0, 0.1) is 0 Å². The summed E-state index contributed by atoms with van der Waals surface area (Å²) >= 11 is 1.93. The van der Waals surface area contributed by atoms with E-state index >= 15 is 0 Å². The number of likely N-dealkylation sites (tertiary alicyclic amines) is 1. The van der Waals surface area contributed by atoms with Crippen LogP contribution < -0.4 is 0 Å². The Balaban J connectivity index is 1.13. The molecule has 4 heterocycles. The molecule has 1 unspecified atom stereocenters. The highest BCUT2D eigenvalue weighted by Gasteiger charge is 2.51. The van der Waals surface area contributed by atoms with Gasteiger partial charge in [0.25, 0.3) is 5.91 Å². The van der Waals surface area contributed by atoms with E-state index in [1.807, 2.05) is 41.1 Å². The Morgan fingerprint density at radius 2 is 2.31 bits per heavy atom. The molecule has 26 heavy (non-hydrogen) atoms. The number of aromatic nitrogens is 2. The van der Waals surface area contributed by atoms with Crippen LogP contribution in [0.1, 0.15) is 47.0 Å². The lowest BCUT2D eigenvalue weighted by atomic mass is 9.92. The Morgan fingerprint density at radius 3 is 3.08 bits per heavy atom. The SMILES string of the molecule is O=C(c1cc(C2CC2)on1)N1CC2(CC(OCc3cccnc3)CS2)C1. The zero-order chi connectivity index (χ0) is 17.6. The van der Waals surface area contributed by atoms with Crippen LogP contribution in [0.4, 0.5) is 0 Å². The molecule has 0 bridgehead atoms. The molecule has 5 rings (SSSR count). The first-order chi connectivity index (χ1) is 12.7. The van der Waals surface area contributed by atoms with Gasteiger partial charge in [-0.05, 0) is 30.9 Å². The summed E-state index contributed by atoms with van der Waals surface area (Å²) in [4.78, 5) is 18.6. The van der Waals surface area contributed by atoms with Gasteiger partial charge in [-0.1, -0.05) is 11.2 Å². The van der Waals surface area contributed by atoms with Crippen LogP contribution in [0.25, 0.3) is 0 Å². The molecule has 136 valence electrons. The monoisotopic (exact) mass is 371 g/mol. The maximum Gasteiger partial charge on any atom is 0.276 e. The standard InChI is InChI=1S/C19H21N3O3S/c23-18(16-6-17(25-21-16)14-3-4-14)22-11-19(12-22)7-15(10-26-19)24-9-13-2-1-5-20-8-13/h1-2,5-6,8,14-15H,3-4,7,9-12H2. The Kier molecular flexibility index (Phi) is 4.01. The minimum absolute atomic E-state index is 0.00777. The van der Waals surface area contributed by atoms with Gasteiger partial charge in [-0.15, -0.1) is 11.8 Å². The highest BCUT2D eigenvalue weighted by atomic mass is 32.2. The molecule has 7 heteroatoms. The minimum Gasteiger partial charge on any atom is -0.373 e. The van der Waals surface area contributed by atoms with Gasteiger partial charge in [-0.3, -0.25) is 9.78 Å². The number of ether oxygens (including phenoxy) is 1. The van der Waals surface area contributed by atoms with Gasteiger partial charge in [-0.25, -0.2) is 0 Å². The van der Waals surface area contributed by atoms with Crippen molar-refractivity contribution in [1.82, 2.24) is 15.0 Å². The van der Waals surface area contributed by atoms with Crippen molar-refractivity contribution in [3.8, 4) is 0 Å². The number of thioether (sulfide) groups is 1. The van der Waals surface area contributed by atoms with Crippen molar-refractivity contribution in [3.63, 3.8) is 0 Å². The molecule has 2 aromatic rings. The van der Waals surface area contributed by atoms with Gasteiger partial charge in [-0.2, -0.15) is 0 Å². The highest BCUT2D eigenvalue weighted by molar-refractivity contribution is 8.01. The van der Waals surface area contributed by atoms with E-state index in [1.54, 1.807) is 6.20 Å². The van der Waals surface area contributed by atoms with E-state index in [0.717, 1.165) is 49.4 Å². The van der Waals surface area contributed by atoms with Crippen LogP contribution in [0.15, 0.2) is 35.1 Å². The quantitative estimate of drug-likeness (QED) is 0.805. The van der Waals surface area contributed by atoms with E-state index in [2.05, 4.69) is 10.1 Å². The van der Waals surface area contributed by atoms with E-state index in [1.165, 1.54) is 0 Å². The van der Waals surface area contributed by atoms with Crippen molar-refractivity contribution < 1.29 is 14.1 Å². The zero-order valence-corrected chi connectivity index (χ0v) is 15.3. The molecule has 0 N–H and O–H groups in total. The number of hydrogen-bond donors (Lipinski definition) is 0. The van der Waals surface area contributed by atoms with Crippen LogP contribution in [-0.4, -0.2) is 50.6 Å². The topological polar surface area (TPSA) is 68.5 Å². The lowest BCUT2D eigenvalue weighted by Gasteiger charge is -2.47. The van der Waals surface area contributed by atoms with Crippen molar-refractivity contribution in [1.29, 1.82) is 0 Å². The van der Waals surface area contributed by atoms with E-state index < -0.39 is 0 Å². The van der Waals surface area contributed by atoms with E-state index in [0.29, 0.717) is 18.2 Å². The predicted molar refractivity (Wildman–Crippen MR) is 97.0 cm³/mol. The minimum atomic E-state index is -0.00777. The van der Waals surface area contributed by atoms with Crippen LogP contribution >= 0.6 is 11.8 Å². The summed E-state index contributed by atoms with van der Waals surface area (Å²) in [7, 11) is 0. The molecule has 1 spiro atoms. The van der Waals surface area contributed by atoms with Crippen LogP contribution in [0.2, 0.25) is 0 Å². The van der Waals surface area contributed by atoms with E-state index in [4.69, 9.17) is 9.26 Å². The summed E-state index contributed by atoms with van der Waals surface area (Å²) in [5, 5.41) is 3.97. The molecule has 2 aromatic heterocycles. The first-order valence-corrected chi connectivity index (χ1v) is 10.1. The second-order valence-electron chi connectivity index (χ2n) is 7.54. The Labute approximate surface area is 156 Å². The largest absolute Gasteiger partial charge is 0.373 e. The molecular weight excluding hydrogens is 350 g/mol.